The van der Waals surface area contributed by atoms with Crippen molar-refractivity contribution in [2.24, 2.45) is 5.92 Å². The van der Waals surface area contributed by atoms with Gasteiger partial charge < -0.3 is 0 Å². The van der Waals surface area contributed by atoms with Crippen molar-refractivity contribution in [1.29, 1.82) is 0 Å². The second-order valence-electron chi connectivity index (χ2n) is 8.13. The van der Waals surface area contributed by atoms with Crippen molar-refractivity contribution in [3.05, 3.63) is 72.0 Å². The Labute approximate surface area is 162 Å². The van der Waals surface area contributed by atoms with Crippen LogP contribution < -0.4 is 0 Å². The molecule has 0 nitrogen and oxygen atoms in total. The second kappa shape index (κ2) is 8.25. The van der Waals surface area contributed by atoms with Gasteiger partial charge in [0.15, 0.2) is 0 Å². The van der Waals surface area contributed by atoms with Crippen molar-refractivity contribution in [1.82, 2.24) is 0 Å². The van der Waals surface area contributed by atoms with E-state index in [0.717, 1.165) is 22.3 Å². The van der Waals surface area contributed by atoms with E-state index in [-0.39, 0.29) is 5.82 Å². The number of benzene rings is 3. The maximum atomic E-state index is 15.1. The van der Waals surface area contributed by atoms with E-state index in [4.69, 9.17) is 0 Å². The molecule has 0 radical (unpaired) electrons. The van der Waals surface area contributed by atoms with Gasteiger partial charge in [0.2, 0.25) is 0 Å². The standard InChI is InChI=1S/C26H29F/c1-2-3-7-19-10-12-20(13-11-19)22-14-16-25-23(18-22)15-17-24(26(25)27)21-8-5-4-6-9-21/h4-6,8-9,14-20H,2-3,7,10-13H2,1H3/t19-,20-. The van der Waals surface area contributed by atoms with E-state index in [1.807, 2.05) is 42.5 Å². The van der Waals surface area contributed by atoms with E-state index in [0.29, 0.717) is 11.5 Å². The van der Waals surface area contributed by atoms with Crippen LogP contribution in [-0.2, 0) is 0 Å². The number of hydrogen-bond acceptors (Lipinski definition) is 0. The Kier molecular flexibility index (Phi) is 5.57. The molecule has 0 atom stereocenters. The Morgan fingerprint density at radius 1 is 0.889 bits per heavy atom. The fourth-order valence-corrected chi connectivity index (χ4v) is 4.68. The zero-order valence-corrected chi connectivity index (χ0v) is 16.3. The third kappa shape index (κ3) is 3.93. The molecule has 0 saturated heterocycles. The molecule has 4 rings (SSSR count). The molecule has 140 valence electrons. The van der Waals surface area contributed by atoms with Crippen LogP contribution in [0.25, 0.3) is 21.9 Å². The summed E-state index contributed by atoms with van der Waals surface area (Å²) in [6.07, 6.45) is 9.34. The Hall–Kier alpha value is -2.15. The van der Waals surface area contributed by atoms with Crippen molar-refractivity contribution in [3.63, 3.8) is 0 Å². The molecule has 3 aromatic carbocycles. The molecular formula is C26H29F. The summed E-state index contributed by atoms with van der Waals surface area (Å²) in [6.45, 7) is 2.28. The predicted molar refractivity (Wildman–Crippen MR) is 114 cm³/mol. The van der Waals surface area contributed by atoms with E-state index < -0.39 is 0 Å². The minimum atomic E-state index is -0.103. The first kappa shape index (κ1) is 18.2. The highest BCUT2D eigenvalue weighted by Gasteiger charge is 2.22. The molecule has 0 N–H and O–H groups in total. The van der Waals surface area contributed by atoms with Crippen molar-refractivity contribution >= 4 is 10.8 Å². The Morgan fingerprint density at radius 3 is 2.41 bits per heavy atom. The molecule has 0 aromatic heterocycles. The van der Waals surface area contributed by atoms with Gasteiger partial charge in [-0.3, -0.25) is 0 Å². The minimum absolute atomic E-state index is 0.103. The highest BCUT2D eigenvalue weighted by molar-refractivity contribution is 5.88. The third-order valence-electron chi connectivity index (χ3n) is 6.35. The van der Waals surface area contributed by atoms with E-state index in [1.165, 1.54) is 50.5 Å². The summed E-state index contributed by atoms with van der Waals surface area (Å²) in [5, 5.41) is 1.76. The molecule has 0 aliphatic heterocycles. The van der Waals surface area contributed by atoms with Crippen molar-refractivity contribution < 1.29 is 4.39 Å². The first-order valence-corrected chi connectivity index (χ1v) is 10.5. The molecule has 1 fully saturated rings. The van der Waals surface area contributed by atoms with E-state index in [1.54, 1.807) is 0 Å². The molecule has 1 aliphatic carbocycles. The first-order chi connectivity index (χ1) is 13.3. The SMILES string of the molecule is CCCC[C@H]1CC[C@H](c2ccc3c(F)c(-c4ccccc4)ccc3c2)CC1. The van der Waals surface area contributed by atoms with Gasteiger partial charge >= 0.3 is 0 Å². The van der Waals surface area contributed by atoms with E-state index >= 15 is 4.39 Å². The van der Waals surface area contributed by atoms with Gasteiger partial charge in [0.05, 0.1) is 0 Å². The lowest BCUT2D eigenvalue weighted by Crippen LogP contribution is -2.13. The second-order valence-corrected chi connectivity index (χ2v) is 8.13. The summed E-state index contributed by atoms with van der Waals surface area (Å²) in [5.74, 6) is 1.46. The van der Waals surface area contributed by atoms with Crippen LogP contribution in [0, 0.1) is 11.7 Å². The monoisotopic (exact) mass is 360 g/mol. The topological polar surface area (TPSA) is 0 Å². The van der Waals surface area contributed by atoms with Crippen molar-refractivity contribution in [2.45, 2.75) is 57.8 Å². The number of rotatable bonds is 5. The predicted octanol–water partition coefficient (Wildman–Crippen LogP) is 8.11. The molecule has 27 heavy (non-hydrogen) atoms. The van der Waals surface area contributed by atoms with Crippen LogP contribution in [-0.4, -0.2) is 0 Å². The summed E-state index contributed by atoms with van der Waals surface area (Å²) >= 11 is 0. The van der Waals surface area contributed by atoms with Crippen LogP contribution in [0.4, 0.5) is 4.39 Å². The molecule has 1 aliphatic rings. The van der Waals surface area contributed by atoms with Gasteiger partial charge in [-0.25, -0.2) is 4.39 Å². The van der Waals surface area contributed by atoms with Crippen LogP contribution in [0.5, 0.6) is 0 Å². The number of hydrogen-bond donors (Lipinski definition) is 0. The summed E-state index contributed by atoms with van der Waals surface area (Å²) in [5.41, 5.74) is 3.02. The Bertz CT molecular complexity index is 889. The quantitative estimate of drug-likeness (QED) is 0.431. The van der Waals surface area contributed by atoms with Crippen LogP contribution >= 0.6 is 0 Å². The molecule has 0 spiro atoms. The fraction of sp³-hybridized carbons (Fsp3) is 0.385. The maximum absolute atomic E-state index is 15.1. The summed E-state index contributed by atoms with van der Waals surface area (Å²) in [7, 11) is 0. The lowest BCUT2D eigenvalue weighted by molar-refractivity contribution is 0.304. The average molecular weight is 361 g/mol. The zero-order valence-electron chi connectivity index (χ0n) is 16.3. The van der Waals surface area contributed by atoms with Gasteiger partial charge in [-0.2, -0.15) is 0 Å². The molecule has 0 unspecified atom stereocenters. The number of unbranched alkanes of at least 4 members (excludes halogenated alkanes) is 1. The van der Waals surface area contributed by atoms with Crippen LogP contribution in [0.1, 0.15) is 63.4 Å². The smallest absolute Gasteiger partial charge is 0.138 e. The normalized spacial score (nSPS) is 20.1. The third-order valence-corrected chi connectivity index (χ3v) is 6.35. The molecule has 0 amide bonds. The molecule has 0 bridgehead atoms. The lowest BCUT2D eigenvalue weighted by atomic mass is 9.77. The number of fused-ring (bicyclic) bond motifs is 1. The molecule has 0 heterocycles. The average Bonchev–Trinajstić information content (AvgIpc) is 2.73. The van der Waals surface area contributed by atoms with Crippen LogP contribution in [0.3, 0.4) is 0 Å². The zero-order chi connectivity index (χ0) is 18.6. The fourth-order valence-electron chi connectivity index (χ4n) is 4.68. The van der Waals surface area contributed by atoms with Gasteiger partial charge in [0.25, 0.3) is 0 Å². The van der Waals surface area contributed by atoms with Crippen molar-refractivity contribution in [3.8, 4) is 11.1 Å². The highest BCUT2D eigenvalue weighted by atomic mass is 19.1. The van der Waals surface area contributed by atoms with Gasteiger partial charge in [-0.05, 0) is 54.0 Å². The molecule has 1 saturated carbocycles. The largest absolute Gasteiger partial charge is 0.206 e. The summed E-state index contributed by atoms with van der Waals surface area (Å²) in [4.78, 5) is 0. The van der Waals surface area contributed by atoms with Gasteiger partial charge in [-0.1, -0.05) is 86.8 Å². The van der Waals surface area contributed by atoms with Gasteiger partial charge in [0, 0.05) is 10.9 Å². The minimum Gasteiger partial charge on any atom is -0.206 e. The molecular weight excluding hydrogens is 331 g/mol. The van der Waals surface area contributed by atoms with Gasteiger partial charge in [-0.15, -0.1) is 0 Å². The molecule has 1 heteroatoms. The first-order valence-electron chi connectivity index (χ1n) is 10.5. The Balaban J connectivity index is 1.55. The van der Waals surface area contributed by atoms with E-state index in [2.05, 4.69) is 25.1 Å². The molecule has 3 aromatic rings. The van der Waals surface area contributed by atoms with E-state index in [9.17, 15) is 0 Å². The van der Waals surface area contributed by atoms with Crippen molar-refractivity contribution in [2.75, 3.05) is 0 Å². The maximum Gasteiger partial charge on any atom is 0.138 e. The van der Waals surface area contributed by atoms with Crippen LogP contribution in [0.15, 0.2) is 60.7 Å². The van der Waals surface area contributed by atoms with Gasteiger partial charge in [0.1, 0.15) is 5.82 Å². The summed E-state index contributed by atoms with van der Waals surface area (Å²) < 4.78 is 15.1. The lowest BCUT2D eigenvalue weighted by Gasteiger charge is -2.29. The highest BCUT2D eigenvalue weighted by Crippen LogP contribution is 2.39. The van der Waals surface area contributed by atoms with Crippen LogP contribution in [0.2, 0.25) is 0 Å². The Morgan fingerprint density at radius 2 is 1.67 bits per heavy atom. The number of halogens is 1. The summed E-state index contributed by atoms with van der Waals surface area (Å²) in [6, 6.07) is 20.2.